The van der Waals surface area contributed by atoms with Crippen LogP contribution >= 0.6 is 12.4 Å². The van der Waals surface area contributed by atoms with E-state index in [1.807, 2.05) is 12.1 Å². The number of halogens is 1. The molecule has 0 saturated heterocycles. The van der Waals surface area contributed by atoms with Crippen molar-refractivity contribution in [3.8, 4) is 0 Å². The number of benzene rings is 3. The number of hydrogen-bond donors (Lipinski definition) is 4. The first kappa shape index (κ1) is 26.1. The van der Waals surface area contributed by atoms with E-state index in [1.54, 1.807) is 65.6 Å². The Kier molecular flexibility index (Phi) is 8.37. The number of rotatable bonds is 7. The van der Waals surface area contributed by atoms with Crippen molar-refractivity contribution in [3.63, 3.8) is 0 Å². The van der Waals surface area contributed by atoms with E-state index >= 15 is 0 Å². The number of hydrogen-bond acceptors (Lipinski definition) is 4. The number of amides is 2. The zero-order valence-corrected chi connectivity index (χ0v) is 20.7. The van der Waals surface area contributed by atoms with E-state index in [0.29, 0.717) is 30.8 Å². The lowest BCUT2D eigenvalue weighted by Gasteiger charge is -2.30. The molecule has 5 N–H and O–H groups in total. The van der Waals surface area contributed by atoms with E-state index in [4.69, 9.17) is 11.1 Å². The molecular formula is C25H28ClN5O3S. The predicted octanol–water partition coefficient (Wildman–Crippen LogP) is 3.90. The molecular weight excluding hydrogens is 486 g/mol. The van der Waals surface area contributed by atoms with Gasteiger partial charge in [0, 0.05) is 30.0 Å². The van der Waals surface area contributed by atoms with E-state index in [0.717, 1.165) is 29.7 Å². The molecule has 0 bridgehead atoms. The van der Waals surface area contributed by atoms with Crippen molar-refractivity contribution in [2.24, 2.45) is 5.73 Å². The van der Waals surface area contributed by atoms with Crippen molar-refractivity contribution < 1.29 is 13.2 Å². The summed E-state index contributed by atoms with van der Waals surface area (Å²) >= 11 is 0. The molecule has 1 aliphatic heterocycles. The maximum Gasteiger partial charge on any atom is 0.321 e. The van der Waals surface area contributed by atoms with Crippen molar-refractivity contribution in [1.29, 1.82) is 5.41 Å². The molecule has 0 atom stereocenters. The standard InChI is InChI=1S/C25H27N5O3S.ClH/c26-24(27)19-10-8-18(9-11-19)14-15-28-25(31)30-16-4-5-20-17-21(12-13-23(20)30)29-34(32,33)22-6-2-1-3-7-22;/h1-3,6-13,17,29H,4-5,14-16H2,(H3,26,27)(H,28,31);1H. The van der Waals surface area contributed by atoms with Gasteiger partial charge in [0.2, 0.25) is 0 Å². The molecule has 4 rings (SSSR count). The molecule has 8 nitrogen and oxygen atoms in total. The van der Waals surface area contributed by atoms with Crippen molar-refractivity contribution >= 4 is 45.7 Å². The molecule has 0 spiro atoms. The number of carbonyl (C=O) groups excluding carboxylic acids is 1. The quantitative estimate of drug-likeness (QED) is 0.282. The van der Waals surface area contributed by atoms with E-state index in [9.17, 15) is 13.2 Å². The molecule has 3 aromatic carbocycles. The zero-order valence-electron chi connectivity index (χ0n) is 19.0. The number of fused-ring (bicyclic) bond motifs is 1. The summed E-state index contributed by atoms with van der Waals surface area (Å²) in [7, 11) is -3.68. The topological polar surface area (TPSA) is 128 Å². The number of urea groups is 1. The zero-order chi connectivity index (χ0) is 24.1. The molecule has 2 amide bonds. The first-order valence-corrected chi connectivity index (χ1v) is 12.5. The Morgan fingerprint density at radius 3 is 2.43 bits per heavy atom. The lowest BCUT2D eigenvalue weighted by molar-refractivity contribution is 0.246. The second-order valence-corrected chi connectivity index (χ2v) is 9.79. The van der Waals surface area contributed by atoms with Gasteiger partial charge < -0.3 is 11.1 Å². The number of nitrogens with two attached hydrogens (primary N) is 1. The SMILES string of the molecule is Cl.N=C(N)c1ccc(CCNC(=O)N2CCCc3cc(NS(=O)(=O)c4ccccc4)ccc32)cc1. The number of anilines is 2. The molecule has 0 fully saturated rings. The monoisotopic (exact) mass is 513 g/mol. The van der Waals surface area contributed by atoms with Gasteiger partial charge in [0.05, 0.1) is 4.90 Å². The third-order valence-corrected chi connectivity index (χ3v) is 7.10. The fourth-order valence-corrected chi connectivity index (χ4v) is 5.02. The summed E-state index contributed by atoms with van der Waals surface area (Å²) < 4.78 is 27.9. The number of nitrogen functional groups attached to an aromatic ring is 1. The van der Waals surface area contributed by atoms with Gasteiger partial charge in [-0.05, 0) is 60.7 Å². The van der Waals surface area contributed by atoms with Gasteiger partial charge in [0.15, 0.2) is 0 Å². The number of sulfonamides is 1. The van der Waals surface area contributed by atoms with Crippen LogP contribution in [0.25, 0.3) is 0 Å². The number of nitrogens with one attached hydrogen (secondary N) is 3. The van der Waals surface area contributed by atoms with E-state index in [1.165, 1.54) is 0 Å². The fourth-order valence-electron chi connectivity index (χ4n) is 3.95. The van der Waals surface area contributed by atoms with Gasteiger partial charge in [0.1, 0.15) is 5.84 Å². The first-order valence-electron chi connectivity index (χ1n) is 11.0. The number of nitrogens with zero attached hydrogens (tertiary/aromatic N) is 1. The molecule has 0 aromatic heterocycles. The fraction of sp³-hybridized carbons (Fsp3) is 0.200. The lowest BCUT2D eigenvalue weighted by Crippen LogP contribution is -2.43. The Hall–Kier alpha value is -3.56. The molecule has 0 radical (unpaired) electrons. The summed E-state index contributed by atoms with van der Waals surface area (Å²) in [5.74, 6) is 0.0274. The van der Waals surface area contributed by atoms with Crippen LogP contribution in [0.4, 0.5) is 16.2 Å². The van der Waals surface area contributed by atoms with Crippen LogP contribution in [0.1, 0.15) is 23.1 Å². The Morgan fingerprint density at radius 2 is 1.74 bits per heavy atom. The Morgan fingerprint density at radius 1 is 1.03 bits per heavy atom. The first-order chi connectivity index (χ1) is 16.3. The maximum absolute atomic E-state index is 12.9. The highest BCUT2D eigenvalue weighted by atomic mass is 35.5. The van der Waals surface area contributed by atoms with Gasteiger partial charge in [-0.1, -0.05) is 42.5 Å². The summed E-state index contributed by atoms with van der Waals surface area (Å²) in [5, 5.41) is 10.4. The van der Waals surface area contributed by atoms with E-state index in [2.05, 4.69) is 10.0 Å². The van der Waals surface area contributed by atoms with Gasteiger partial charge in [-0.3, -0.25) is 15.0 Å². The Bertz CT molecular complexity index is 1300. The van der Waals surface area contributed by atoms with Crippen molar-refractivity contribution in [2.75, 3.05) is 22.7 Å². The molecule has 0 aliphatic carbocycles. The van der Waals surface area contributed by atoms with Crippen LogP contribution in [0.3, 0.4) is 0 Å². The van der Waals surface area contributed by atoms with Crippen LogP contribution in [0.2, 0.25) is 0 Å². The summed E-state index contributed by atoms with van der Waals surface area (Å²) in [6, 6.07) is 20.7. The minimum atomic E-state index is -3.68. The molecule has 10 heteroatoms. The van der Waals surface area contributed by atoms with Gasteiger partial charge in [-0.25, -0.2) is 13.2 Å². The van der Waals surface area contributed by atoms with Crippen LogP contribution < -0.4 is 20.7 Å². The van der Waals surface area contributed by atoms with E-state index in [-0.39, 0.29) is 29.2 Å². The number of carbonyl (C=O) groups is 1. The highest BCUT2D eigenvalue weighted by Gasteiger charge is 2.23. The number of amidine groups is 1. The van der Waals surface area contributed by atoms with Crippen molar-refractivity contribution in [3.05, 3.63) is 89.5 Å². The molecule has 3 aromatic rings. The Labute approximate surface area is 211 Å². The average molecular weight is 514 g/mol. The van der Waals surface area contributed by atoms with Gasteiger partial charge >= 0.3 is 6.03 Å². The highest BCUT2D eigenvalue weighted by molar-refractivity contribution is 7.92. The van der Waals surface area contributed by atoms with Crippen molar-refractivity contribution in [2.45, 2.75) is 24.2 Å². The third-order valence-electron chi connectivity index (χ3n) is 5.70. The summed E-state index contributed by atoms with van der Waals surface area (Å²) in [6.45, 7) is 1.07. The number of aryl methyl sites for hydroxylation is 1. The largest absolute Gasteiger partial charge is 0.384 e. The smallest absolute Gasteiger partial charge is 0.321 e. The second kappa shape index (κ2) is 11.2. The van der Waals surface area contributed by atoms with Gasteiger partial charge in [-0.15, -0.1) is 12.4 Å². The average Bonchev–Trinajstić information content (AvgIpc) is 2.84. The normalized spacial score (nSPS) is 12.7. The second-order valence-electron chi connectivity index (χ2n) is 8.11. The summed E-state index contributed by atoms with van der Waals surface area (Å²) in [4.78, 5) is 14.8. The summed E-state index contributed by atoms with van der Waals surface area (Å²) in [6.07, 6.45) is 2.22. The molecule has 184 valence electrons. The summed E-state index contributed by atoms with van der Waals surface area (Å²) in [5.41, 5.74) is 9.37. The molecule has 1 aliphatic rings. The predicted molar refractivity (Wildman–Crippen MR) is 141 cm³/mol. The van der Waals surface area contributed by atoms with Gasteiger partial charge in [0.25, 0.3) is 10.0 Å². The van der Waals surface area contributed by atoms with E-state index < -0.39 is 10.0 Å². The van der Waals surface area contributed by atoms with Crippen molar-refractivity contribution in [1.82, 2.24) is 5.32 Å². The van der Waals surface area contributed by atoms with Crippen LogP contribution in [0.15, 0.2) is 77.7 Å². The minimum absolute atomic E-state index is 0. The highest BCUT2D eigenvalue weighted by Crippen LogP contribution is 2.30. The third kappa shape index (κ3) is 6.32. The van der Waals surface area contributed by atoms with Crippen LogP contribution in [-0.4, -0.2) is 33.4 Å². The van der Waals surface area contributed by atoms with Crippen LogP contribution in [0.5, 0.6) is 0 Å². The molecule has 35 heavy (non-hydrogen) atoms. The van der Waals surface area contributed by atoms with Crippen LogP contribution in [0, 0.1) is 5.41 Å². The van der Waals surface area contributed by atoms with Crippen LogP contribution in [-0.2, 0) is 22.9 Å². The van der Waals surface area contributed by atoms with Gasteiger partial charge in [-0.2, -0.15) is 0 Å². The minimum Gasteiger partial charge on any atom is -0.384 e. The molecule has 1 heterocycles. The Balaban J connectivity index is 0.00000342. The molecule has 0 unspecified atom stereocenters. The maximum atomic E-state index is 12.9. The molecule has 0 saturated carbocycles. The lowest BCUT2D eigenvalue weighted by atomic mass is 10.0.